The molecule has 3 nitrogen and oxygen atoms in total. The number of benzene rings is 1. The molecule has 0 bridgehead atoms. The number of hydrogen-bond donors (Lipinski definition) is 1. The van der Waals surface area contributed by atoms with Crippen LogP contribution in [0, 0.1) is 12.3 Å². The number of rotatable bonds is 7. The molecule has 1 N–H and O–H groups in total. The molecule has 0 aliphatic carbocycles. The second-order valence-corrected chi connectivity index (χ2v) is 3.98. The quantitative estimate of drug-likeness (QED) is 0.592. The number of ether oxygens (including phenoxy) is 1. The van der Waals surface area contributed by atoms with Gasteiger partial charge >= 0.3 is 0 Å². The average molecular weight is 245 g/mol. The summed E-state index contributed by atoms with van der Waals surface area (Å²) in [6, 6.07) is 6.97. The third-order valence-corrected chi connectivity index (χ3v) is 2.50. The third-order valence-electron chi connectivity index (χ3n) is 2.50. The Balaban J connectivity index is 2.41. The van der Waals surface area contributed by atoms with Gasteiger partial charge < -0.3 is 10.1 Å². The van der Waals surface area contributed by atoms with Crippen LogP contribution in [0.1, 0.15) is 36.5 Å². The van der Waals surface area contributed by atoms with Crippen molar-refractivity contribution in [1.29, 1.82) is 0 Å². The van der Waals surface area contributed by atoms with Crippen LogP contribution in [0.25, 0.3) is 0 Å². The van der Waals surface area contributed by atoms with Crippen LogP contribution in [0.15, 0.2) is 24.3 Å². The van der Waals surface area contributed by atoms with E-state index >= 15 is 0 Å². The summed E-state index contributed by atoms with van der Waals surface area (Å²) >= 11 is 0. The van der Waals surface area contributed by atoms with Crippen molar-refractivity contribution in [2.75, 3.05) is 13.2 Å². The van der Waals surface area contributed by atoms with Crippen molar-refractivity contribution in [1.82, 2.24) is 5.32 Å². The van der Waals surface area contributed by atoms with E-state index in [0.29, 0.717) is 11.3 Å². The zero-order valence-corrected chi connectivity index (χ0v) is 10.7. The summed E-state index contributed by atoms with van der Waals surface area (Å²) in [5.74, 6) is 3.02. The zero-order valence-electron chi connectivity index (χ0n) is 10.7. The number of carbonyl (C=O) groups excluding carboxylic acids is 1. The summed E-state index contributed by atoms with van der Waals surface area (Å²) in [7, 11) is 0. The molecule has 18 heavy (non-hydrogen) atoms. The monoisotopic (exact) mass is 245 g/mol. The summed E-state index contributed by atoms with van der Waals surface area (Å²) in [5, 5.41) is 2.88. The highest BCUT2D eigenvalue weighted by Crippen LogP contribution is 2.11. The fraction of sp³-hybridized carbons (Fsp3) is 0.400. The van der Waals surface area contributed by atoms with E-state index in [1.807, 2.05) is 0 Å². The summed E-state index contributed by atoms with van der Waals surface area (Å²) in [5.41, 5.74) is 0.638. The van der Waals surface area contributed by atoms with Gasteiger partial charge in [0.2, 0.25) is 0 Å². The SMILES string of the molecule is C#CCOc1ccc(C(=O)NCCCCC)cc1. The minimum absolute atomic E-state index is 0.0467. The molecule has 0 saturated carbocycles. The van der Waals surface area contributed by atoms with Crippen LogP contribution in [-0.4, -0.2) is 19.1 Å². The van der Waals surface area contributed by atoms with Gasteiger partial charge in [0.15, 0.2) is 0 Å². The van der Waals surface area contributed by atoms with Gasteiger partial charge in [-0.15, -0.1) is 6.42 Å². The van der Waals surface area contributed by atoms with Crippen molar-refractivity contribution in [3.63, 3.8) is 0 Å². The van der Waals surface area contributed by atoms with Gasteiger partial charge in [0.1, 0.15) is 12.4 Å². The molecule has 0 fully saturated rings. The molecule has 96 valence electrons. The van der Waals surface area contributed by atoms with Crippen LogP contribution in [0.4, 0.5) is 0 Å². The Morgan fingerprint density at radius 2 is 2.06 bits per heavy atom. The number of unbranched alkanes of at least 4 members (excludes halogenated alkanes) is 2. The fourth-order valence-electron chi connectivity index (χ4n) is 1.51. The fourth-order valence-corrected chi connectivity index (χ4v) is 1.51. The first-order chi connectivity index (χ1) is 8.77. The lowest BCUT2D eigenvalue weighted by Gasteiger charge is -2.06. The van der Waals surface area contributed by atoms with Gasteiger partial charge in [0.05, 0.1) is 0 Å². The van der Waals surface area contributed by atoms with E-state index in [4.69, 9.17) is 11.2 Å². The largest absolute Gasteiger partial charge is 0.481 e. The predicted molar refractivity (Wildman–Crippen MR) is 72.6 cm³/mol. The molecular weight excluding hydrogens is 226 g/mol. The maximum absolute atomic E-state index is 11.7. The van der Waals surface area contributed by atoms with Crippen LogP contribution in [0.3, 0.4) is 0 Å². The Labute approximate surface area is 109 Å². The molecule has 1 aromatic rings. The lowest BCUT2D eigenvalue weighted by atomic mass is 10.2. The molecule has 1 amide bonds. The van der Waals surface area contributed by atoms with Gasteiger partial charge in [-0.2, -0.15) is 0 Å². The Bertz CT molecular complexity index is 403. The number of nitrogens with one attached hydrogen (secondary N) is 1. The summed E-state index contributed by atoms with van der Waals surface area (Å²) in [6.45, 7) is 3.10. The topological polar surface area (TPSA) is 38.3 Å². The molecule has 1 rings (SSSR count). The molecule has 0 aliphatic rings. The van der Waals surface area contributed by atoms with Crippen molar-refractivity contribution in [2.24, 2.45) is 0 Å². The van der Waals surface area contributed by atoms with Crippen LogP contribution >= 0.6 is 0 Å². The molecular formula is C15H19NO2. The summed E-state index contributed by atoms with van der Waals surface area (Å²) in [4.78, 5) is 11.7. The van der Waals surface area contributed by atoms with E-state index in [-0.39, 0.29) is 12.5 Å². The Morgan fingerprint density at radius 1 is 1.33 bits per heavy atom. The molecule has 0 spiro atoms. The first-order valence-electron chi connectivity index (χ1n) is 6.22. The highest BCUT2D eigenvalue weighted by Gasteiger charge is 2.04. The van der Waals surface area contributed by atoms with Crippen molar-refractivity contribution in [3.8, 4) is 18.1 Å². The van der Waals surface area contributed by atoms with Crippen LogP contribution in [-0.2, 0) is 0 Å². The number of carbonyl (C=O) groups is 1. The molecule has 0 aliphatic heterocycles. The van der Waals surface area contributed by atoms with Crippen molar-refractivity contribution < 1.29 is 9.53 Å². The molecule has 0 heterocycles. The molecule has 0 aromatic heterocycles. The first kappa shape index (κ1) is 14.1. The molecule has 0 saturated heterocycles. The minimum Gasteiger partial charge on any atom is -0.481 e. The van der Waals surface area contributed by atoms with E-state index in [0.717, 1.165) is 25.8 Å². The lowest BCUT2D eigenvalue weighted by Crippen LogP contribution is -2.24. The molecule has 0 radical (unpaired) electrons. The van der Waals surface area contributed by atoms with Gasteiger partial charge in [-0.05, 0) is 30.7 Å². The minimum atomic E-state index is -0.0467. The van der Waals surface area contributed by atoms with Crippen molar-refractivity contribution >= 4 is 5.91 Å². The molecule has 0 unspecified atom stereocenters. The Kier molecular flexibility index (Phi) is 6.42. The molecule has 0 atom stereocenters. The average Bonchev–Trinajstić information content (AvgIpc) is 2.41. The molecule has 1 aromatic carbocycles. The maximum Gasteiger partial charge on any atom is 0.251 e. The number of hydrogen-bond acceptors (Lipinski definition) is 2. The van der Waals surface area contributed by atoms with Crippen LogP contribution < -0.4 is 10.1 Å². The van der Waals surface area contributed by atoms with Crippen LogP contribution in [0.5, 0.6) is 5.75 Å². The van der Waals surface area contributed by atoms with Crippen molar-refractivity contribution in [2.45, 2.75) is 26.2 Å². The second-order valence-electron chi connectivity index (χ2n) is 3.98. The second kappa shape index (κ2) is 8.19. The van der Waals surface area contributed by atoms with Gasteiger partial charge in [-0.1, -0.05) is 25.7 Å². The molecule has 3 heteroatoms. The smallest absolute Gasteiger partial charge is 0.251 e. The zero-order chi connectivity index (χ0) is 13.2. The normalized spacial score (nSPS) is 9.56. The Hall–Kier alpha value is -1.95. The Morgan fingerprint density at radius 3 is 2.67 bits per heavy atom. The van der Waals surface area contributed by atoms with E-state index in [1.54, 1.807) is 24.3 Å². The highest BCUT2D eigenvalue weighted by molar-refractivity contribution is 5.94. The number of amides is 1. The van der Waals surface area contributed by atoms with E-state index in [2.05, 4.69) is 18.2 Å². The number of terminal acetylenes is 1. The highest BCUT2D eigenvalue weighted by atomic mass is 16.5. The lowest BCUT2D eigenvalue weighted by molar-refractivity contribution is 0.0953. The standard InChI is InChI=1S/C15H19NO2/c1-3-5-6-11-16-15(17)13-7-9-14(10-8-13)18-12-4-2/h2,7-10H,3,5-6,11-12H2,1H3,(H,16,17). The maximum atomic E-state index is 11.7. The van der Waals surface area contributed by atoms with E-state index in [1.165, 1.54) is 0 Å². The van der Waals surface area contributed by atoms with E-state index in [9.17, 15) is 4.79 Å². The van der Waals surface area contributed by atoms with Gasteiger partial charge in [0, 0.05) is 12.1 Å². The van der Waals surface area contributed by atoms with E-state index < -0.39 is 0 Å². The first-order valence-corrected chi connectivity index (χ1v) is 6.22. The van der Waals surface area contributed by atoms with Gasteiger partial charge in [0.25, 0.3) is 5.91 Å². The predicted octanol–water partition coefficient (Wildman–Crippen LogP) is 2.62. The summed E-state index contributed by atoms with van der Waals surface area (Å²) in [6.07, 6.45) is 8.40. The van der Waals surface area contributed by atoms with Gasteiger partial charge in [-0.3, -0.25) is 4.79 Å². The van der Waals surface area contributed by atoms with Crippen molar-refractivity contribution in [3.05, 3.63) is 29.8 Å². The van der Waals surface area contributed by atoms with Crippen LogP contribution in [0.2, 0.25) is 0 Å². The summed E-state index contributed by atoms with van der Waals surface area (Å²) < 4.78 is 5.24. The van der Waals surface area contributed by atoms with Gasteiger partial charge in [-0.25, -0.2) is 0 Å². The third kappa shape index (κ3) is 4.92.